The maximum atomic E-state index is 12.6. The molecule has 5 heteroatoms. The number of hydrogen-bond donors (Lipinski definition) is 2. The van der Waals surface area contributed by atoms with Gasteiger partial charge in [0.05, 0.1) is 6.04 Å². The van der Waals surface area contributed by atoms with Crippen molar-refractivity contribution in [2.45, 2.75) is 6.04 Å². The second-order valence-electron chi connectivity index (χ2n) is 5.07. The molecule has 0 aliphatic rings. The third-order valence-electron chi connectivity index (χ3n) is 3.45. The van der Waals surface area contributed by atoms with E-state index in [1.165, 1.54) is 6.08 Å². The maximum absolute atomic E-state index is 12.6. The SMILES string of the molecule is C=C/C=C(\C=C)C(NC(=O)/C(C#N)=C/c1ncc[nH]1)c1ccccc1. The predicted octanol–water partition coefficient (Wildman–Crippen LogP) is 3.47. The van der Waals surface area contributed by atoms with E-state index in [-0.39, 0.29) is 5.57 Å². The first-order valence-corrected chi connectivity index (χ1v) is 7.61. The Morgan fingerprint density at radius 1 is 1.32 bits per heavy atom. The van der Waals surface area contributed by atoms with Crippen LogP contribution in [-0.4, -0.2) is 15.9 Å². The average Bonchev–Trinajstić information content (AvgIpc) is 3.16. The van der Waals surface area contributed by atoms with E-state index in [9.17, 15) is 10.1 Å². The van der Waals surface area contributed by atoms with E-state index < -0.39 is 11.9 Å². The molecule has 0 saturated carbocycles. The number of nitrogens with one attached hydrogen (secondary N) is 2. The minimum absolute atomic E-state index is 0.0436. The van der Waals surface area contributed by atoms with Gasteiger partial charge in [-0.15, -0.1) is 0 Å². The molecule has 2 N–H and O–H groups in total. The molecule has 1 unspecified atom stereocenters. The molecule has 0 bridgehead atoms. The number of hydrogen-bond acceptors (Lipinski definition) is 3. The summed E-state index contributed by atoms with van der Waals surface area (Å²) >= 11 is 0. The molecule has 2 rings (SSSR count). The number of nitrogens with zero attached hydrogens (tertiary/aromatic N) is 2. The van der Waals surface area contributed by atoms with E-state index >= 15 is 0 Å². The summed E-state index contributed by atoms with van der Waals surface area (Å²) in [5.41, 5.74) is 1.60. The predicted molar refractivity (Wildman–Crippen MR) is 98.0 cm³/mol. The molecule has 0 radical (unpaired) electrons. The molecule has 1 atom stereocenters. The Labute approximate surface area is 146 Å². The van der Waals surface area contributed by atoms with Gasteiger partial charge in [-0.3, -0.25) is 4.79 Å². The Bertz CT molecular complexity index is 840. The van der Waals surface area contributed by atoms with Gasteiger partial charge in [0.25, 0.3) is 5.91 Å². The number of benzene rings is 1. The van der Waals surface area contributed by atoms with Crippen molar-refractivity contribution in [1.29, 1.82) is 5.26 Å². The standard InChI is InChI=1S/C20H18N4O/c1-3-8-15(4-2)19(16-9-6-5-7-10-16)24-20(25)17(14-21)13-18-22-11-12-23-18/h3-13,19H,1-2H2,(H,22,23)(H,24,25)/b15-8+,17-13+. The lowest BCUT2D eigenvalue weighted by molar-refractivity contribution is -0.117. The van der Waals surface area contributed by atoms with Crippen molar-refractivity contribution in [2.24, 2.45) is 0 Å². The summed E-state index contributed by atoms with van der Waals surface area (Å²) in [5.74, 6) is -0.0573. The molecule has 1 aromatic heterocycles. The summed E-state index contributed by atoms with van der Waals surface area (Å²) in [6, 6.07) is 10.9. The summed E-state index contributed by atoms with van der Waals surface area (Å²) in [7, 11) is 0. The molecule has 5 nitrogen and oxygen atoms in total. The lowest BCUT2D eigenvalue weighted by Crippen LogP contribution is -2.30. The number of aromatic amines is 1. The maximum Gasteiger partial charge on any atom is 0.262 e. The van der Waals surface area contributed by atoms with E-state index in [1.807, 2.05) is 36.4 Å². The van der Waals surface area contributed by atoms with Crippen molar-refractivity contribution in [3.05, 3.63) is 96.6 Å². The fourth-order valence-corrected chi connectivity index (χ4v) is 2.27. The molecule has 25 heavy (non-hydrogen) atoms. The van der Waals surface area contributed by atoms with Crippen LogP contribution in [0.3, 0.4) is 0 Å². The van der Waals surface area contributed by atoms with Gasteiger partial charge in [0.2, 0.25) is 0 Å². The highest BCUT2D eigenvalue weighted by molar-refractivity contribution is 6.01. The Balaban J connectivity index is 2.34. The molecule has 0 saturated heterocycles. The van der Waals surface area contributed by atoms with Gasteiger partial charge in [0, 0.05) is 18.5 Å². The van der Waals surface area contributed by atoms with E-state index in [1.54, 1.807) is 30.6 Å². The fraction of sp³-hybridized carbons (Fsp3) is 0.0500. The number of imidazole rings is 1. The molecule has 0 aliphatic carbocycles. The van der Waals surface area contributed by atoms with Crippen molar-refractivity contribution in [2.75, 3.05) is 0 Å². The van der Waals surface area contributed by atoms with Crippen LogP contribution < -0.4 is 5.32 Å². The highest BCUT2D eigenvalue weighted by Crippen LogP contribution is 2.23. The molecule has 1 aromatic carbocycles. The topological polar surface area (TPSA) is 81.6 Å². The summed E-state index contributed by atoms with van der Waals surface area (Å²) in [6.07, 6.45) is 9.63. The monoisotopic (exact) mass is 330 g/mol. The van der Waals surface area contributed by atoms with Gasteiger partial charge in [0.15, 0.2) is 0 Å². The summed E-state index contributed by atoms with van der Waals surface area (Å²) in [4.78, 5) is 19.4. The van der Waals surface area contributed by atoms with Crippen molar-refractivity contribution in [3.63, 3.8) is 0 Å². The van der Waals surface area contributed by atoms with Crippen LogP contribution in [0.15, 0.2) is 85.3 Å². The lowest BCUT2D eigenvalue weighted by Gasteiger charge is -2.20. The van der Waals surface area contributed by atoms with Crippen molar-refractivity contribution >= 4 is 12.0 Å². The van der Waals surface area contributed by atoms with Crippen LogP contribution in [0.5, 0.6) is 0 Å². The largest absolute Gasteiger partial charge is 0.345 e. The molecule has 1 amide bonds. The highest BCUT2D eigenvalue weighted by atomic mass is 16.1. The Hall–Kier alpha value is -3.65. The first-order valence-electron chi connectivity index (χ1n) is 7.61. The number of amides is 1. The van der Waals surface area contributed by atoms with Crippen LogP contribution in [0.25, 0.3) is 6.08 Å². The number of H-pyrrole nitrogens is 1. The number of carbonyl (C=O) groups excluding carboxylic acids is 1. The summed E-state index contributed by atoms with van der Waals surface area (Å²) < 4.78 is 0. The highest BCUT2D eigenvalue weighted by Gasteiger charge is 2.19. The van der Waals surface area contributed by atoms with Crippen LogP contribution in [0.1, 0.15) is 17.4 Å². The summed E-state index contributed by atoms with van der Waals surface area (Å²) in [5, 5.41) is 12.2. The Morgan fingerprint density at radius 2 is 2.08 bits per heavy atom. The molecule has 1 heterocycles. The van der Waals surface area contributed by atoms with Gasteiger partial charge in [-0.05, 0) is 11.1 Å². The first-order chi connectivity index (χ1) is 12.2. The minimum Gasteiger partial charge on any atom is -0.345 e. The van der Waals surface area contributed by atoms with Crippen LogP contribution in [0.2, 0.25) is 0 Å². The number of rotatable bonds is 7. The lowest BCUT2D eigenvalue weighted by atomic mass is 9.97. The third-order valence-corrected chi connectivity index (χ3v) is 3.45. The van der Waals surface area contributed by atoms with Crippen LogP contribution in [-0.2, 0) is 4.79 Å². The van der Waals surface area contributed by atoms with Gasteiger partial charge in [0.1, 0.15) is 17.5 Å². The first kappa shape index (κ1) is 17.7. The summed E-state index contributed by atoms with van der Waals surface area (Å²) in [6.45, 7) is 7.49. The van der Waals surface area contributed by atoms with Gasteiger partial charge < -0.3 is 10.3 Å². The molecule has 2 aromatic rings. The van der Waals surface area contributed by atoms with Crippen LogP contribution in [0, 0.1) is 11.3 Å². The second kappa shape index (κ2) is 8.85. The number of aromatic nitrogens is 2. The van der Waals surface area contributed by atoms with Crippen molar-refractivity contribution in [3.8, 4) is 6.07 Å². The van der Waals surface area contributed by atoms with Gasteiger partial charge >= 0.3 is 0 Å². The van der Waals surface area contributed by atoms with E-state index in [0.29, 0.717) is 5.82 Å². The zero-order chi connectivity index (χ0) is 18.1. The second-order valence-corrected chi connectivity index (χ2v) is 5.07. The molecule has 0 fully saturated rings. The number of allylic oxidation sites excluding steroid dienone is 2. The molecular formula is C20H18N4O. The van der Waals surface area contributed by atoms with Crippen LogP contribution in [0.4, 0.5) is 0 Å². The van der Waals surface area contributed by atoms with Gasteiger partial charge in [-0.1, -0.05) is 61.7 Å². The molecule has 0 aliphatic heterocycles. The zero-order valence-corrected chi connectivity index (χ0v) is 13.6. The normalized spacial score (nSPS) is 12.8. The Morgan fingerprint density at radius 3 is 2.64 bits per heavy atom. The third kappa shape index (κ3) is 4.66. The van der Waals surface area contributed by atoms with E-state index in [4.69, 9.17) is 0 Å². The molecular weight excluding hydrogens is 312 g/mol. The molecule has 0 spiro atoms. The van der Waals surface area contributed by atoms with Gasteiger partial charge in [-0.25, -0.2) is 4.98 Å². The van der Waals surface area contributed by atoms with Crippen molar-refractivity contribution < 1.29 is 4.79 Å². The van der Waals surface area contributed by atoms with Crippen LogP contribution >= 0.6 is 0 Å². The van der Waals surface area contributed by atoms with Gasteiger partial charge in [-0.2, -0.15) is 5.26 Å². The Kier molecular flexibility index (Phi) is 6.26. The minimum atomic E-state index is -0.496. The fourth-order valence-electron chi connectivity index (χ4n) is 2.27. The quantitative estimate of drug-likeness (QED) is 0.463. The number of nitriles is 1. The van der Waals surface area contributed by atoms with Crippen molar-refractivity contribution in [1.82, 2.24) is 15.3 Å². The van der Waals surface area contributed by atoms with E-state index in [2.05, 4.69) is 28.4 Å². The zero-order valence-electron chi connectivity index (χ0n) is 13.6. The average molecular weight is 330 g/mol. The smallest absolute Gasteiger partial charge is 0.262 e. The van der Waals surface area contributed by atoms with E-state index in [0.717, 1.165) is 11.1 Å². The molecule has 124 valence electrons. The number of carbonyl (C=O) groups is 1.